The van der Waals surface area contributed by atoms with Crippen LogP contribution in [0.1, 0.15) is 213 Å². The van der Waals surface area contributed by atoms with Gasteiger partial charge in [0.2, 0.25) is 0 Å². The van der Waals surface area contributed by atoms with Crippen molar-refractivity contribution in [1.29, 1.82) is 0 Å². The van der Waals surface area contributed by atoms with Crippen LogP contribution in [0, 0.1) is 0 Å². The molecule has 0 aromatic carbocycles. The van der Waals surface area contributed by atoms with Gasteiger partial charge in [-0.15, -0.1) is 0 Å². The van der Waals surface area contributed by atoms with Crippen molar-refractivity contribution in [2.75, 3.05) is 47.5 Å². The molecule has 0 aliphatic rings. The Labute approximate surface area is 393 Å². The third-order valence-corrected chi connectivity index (χ3v) is 11.0. The molecule has 0 fully saturated rings. The first-order valence-corrected chi connectivity index (χ1v) is 25.9. The largest absolute Gasteiger partial charge is 0.545 e. The van der Waals surface area contributed by atoms with Gasteiger partial charge in [0.1, 0.15) is 13.2 Å². The fraction of sp³-hybridized carbons (Fsp3) is 0.764. The molecule has 0 aliphatic carbocycles. The highest BCUT2D eigenvalue weighted by Gasteiger charge is 2.22. The number of esters is 2. The highest BCUT2D eigenvalue weighted by atomic mass is 16.7. The van der Waals surface area contributed by atoms with Crippen molar-refractivity contribution < 1.29 is 42.9 Å². The van der Waals surface area contributed by atoms with Gasteiger partial charge in [0.25, 0.3) is 0 Å². The van der Waals surface area contributed by atoms with Crippen LogP contribution in [0.4, 0.5) is 0 Å². The molecule has 370 valence electrons. The third-order valence-electron chi connectivity index (χ3n) is 11.0. The summed E-state index contributed by atoms with van der Waals surface area (Å²) in [5.41, 5.74) is 0. The highest BCUT2D eigenvalue weighted by Crippen LogP contribution is 2.15. The second kappa shape index (κ2) is 46.5. The van der Waals surface area contributed by atoms with Crippen LogP contribution in [0.5, 0.6) is 0 Å². The molecule has 0 aliphatic heterocycles. The average molecular weight is 900 g/mol. The molecule has 0 bridgehead atoms. The minimum atomic E-state index is -1.62. The van der Waals surface area contributed by atoms with Gasteiger partial charge in [0.05, 0.1) is 40.3 Å². The van der Waals surface area contributed by atoms with Gasteiger partial charge >= 0.3 is 11.9 Å². The van der Waals surface area contributed by atoms with E-state index in [4.69, 9.17) is 18.9 Å². The van der Waals surface area contributed by atoms with Crippen LogP contribution < -0.4 is 5.11 Å². The number of hydrogen-bond donors (Lipinski definition) is 0. The highest BCUT2D eigenvalue weighted by molar-refractivity contribution is 5.70. The van der Waals surface area contributed by atoms with Crippen LogP contribution in [-0.4, -0.2) is 82.3 Å². The summed E-state index contributed by atoms with van der Waals surface area (Å²) in [5, 5.41) is 11.7. The number of rotatable bonds is 47. The van der Waals surface area contributed by atoms with E-state index < -0.39 is 24.3 Å². The SMILES string of the molecule is CC/C=C\C/C=C\C/C=C\C/C=C\CCCCCCCCCCCCCCC(=O)OC(COC(=O)CCCCCCC/C=C\CCCCCCC)COC(OCC[N+](C)(C)C)C(=O)[O-]. The van der Waals surface area contributed by atoms with Crippen LogP contribution in [-0.2, 0) is 33.3 Å². The molecule has 9 nitrogen and oxygen atoms in total. The first-order valence-electron chi connectivity index (χ1n) is 25.9. The summed E-state index contributed by atoms with van der Waals surface area (Å²) >= 11 is 0. The van der Waals surface area contributed by atoms with E-state index >= 15 is 0 Å². The fourth-order valence-corrected chi connectivity index (χ4v) is 6.99. The van der Waals surface area contributed by atoms with Crippen molar-refractivity contribution in [3.05, 3.63) is 60.8 Å². The minimum absolute atomic E-state index is 0.145. The first kappa shape index (κ1) is 61.0. The van der Waals surface area contributed by atoms with E-state index in [0.717, 1.165) is 83.5 Å². The third kappa shape index (κ3) is 47.0. The Morgan fingerprint density at radius 3 is 1.34 bits per heavy atom. The quantitative estimate of drug-likeness (QED) is 0.0195. The summed E-state index contributed by atoms with van der Waals surface area (Å²) in [5.74, 6) is -2.30. The summed E-state index contributed by atoms with van der Waals surface area (Å²) in [6.07, 6.45) is 54.0. The zero-order valence-corrected chi connectivity index (χ0v) is 41.9. The maximum Gasteiger partial charge on any atom is 0.306 e. The molecule has 9 heteroatoms. The van der Waals surface area contributed by atoms with Gasteiger partial charge < -0.3 is 33.3 Å². The summed E-state index contributed by atoms with van der Waals surface area (Å²) in [6.45, 7) is 4.61. The van der Waals surface area contributed by atoms with E-state index in [0.29, 0.717) is 17.4 Å². The topological polar surface area (TPSA) is 111 Å². The van der Waals surface area contributed by atoms with Gasteiger partial charge in [0.15, 0.2) is 12.4 Å². The van der Waals surface area contributed by atoms with Crippen molar-refractivity contribution in [1.82, 2.24) is 0 Å². The zero-order chi connectivity index (χ0) is 47.0. The molecule has 0 radical (unpaired) electrons. The van der Waals surface area contributed by atoms with Crippen molar-refractivity contribution in [2.45, 2.75) is 225 Å². The maximum absolute atomic E-state index is 12.8. The molecule has 0 aromatic heterocycles. The lowest BCUT2D eigenvalue weighted by Crippen LogP contribution is -2.44. The van der Waals surface area contributed by atoms with Crippen molar-refractivity contribution in [3.8, 4) is 0 Å². The summed E-state index contributed by atoms with van der Waals surface area (Å²) in [4.78, 5) is 37.1. The zero-order valence-electron chi connectivity index (χ0n) is 41.9. The number of hydrogen-bond acceptors (Lipinski definition) is 8. The molecule has 0 rings (SSSR count). The average Bonchev–Trinajstić information content (AvgIpc) is 3.26. The van der Waals surface area contributed by atoms with E-state index in [1.54, 1.807) is 0 Å². The van der Waals surface area contributed by atoms with Crippen LogP contribution >= 0.6 is 0 Å². The Morgan fingerprint density at radius 2 is 0.891 bits per heavy atom. The lowest BCUT2D eigenvalue weighted by atomic mass is 10.0. The van der Waals surface area contributed by atoms with Gasteiger partial charge in [-0.25, -0.2) is 0 Å². The number of carboxylic acids is 1. The van der Waals surface area contributed by atoms with E-state index in [-0.39, 0.29) is 38.6 Å². The fourth-order valence-electron chi connectivity index (χ4n) is 6.99. The van der Waals surface area contributed by atoms with Crippen molar-refractivity contribution in [3.63, 3.8) is 0 Å². The molecule has 0 saturated carbocycles. The van der Waals surface area contributed by atoms with Gasteiger partial charge in [-0.2, -0.15) is 0 Å². The van der Waals surface area contributed by atoms with Crippen LogP contribution in [0.2, 0.25) is 0 Å². The number of nitrogens with zero attached hydrogens (tertiary/aromatic N) is 1. The summed E-state index contributed by atoms with van der Waals surface area (Å²) < 4.78 is 22.6. The molecule has 0 aromatic rings. The predicted molar refractivity (Wildman–Crippen MR) is 265 cm³/mol. The second-order valence-corrected chi connectivity index (χ2v) is 18.4. The lowest BCUT2D eigenvalue weighted by molar-refractivity contribution is -0.870. The number of aliphatic carboxylic acids is 1. The van der Waals surface area contributed by atoms with Crippen molar-refractivity contribution >= 4 is 17.9 Å². The van der Waals surface area contributed by atoms with E-state index in [1.165, 1.54) is 96.3 Å². The molecule has 0 spiro atoms. The number of allylic oxidation sites excluding steroid dienone is 10. The van der Waals surface area contributed by atoms with Crippen LogP contribution in [0.15, 0.2) is 60.8 Å². The molecule has 2 unspecified atom stereocenters. The van der Waals surface area contributed by atoms with E-state index in [1.807, 2.05) is 21.1 Å². The molecule has 2 atom stereocenters. The molecular formula is C55H97NO8. The number of carboxylic acid groups (broad SMARTS) is 1. The Morgan fingerprint density at radius 1 is 0.484 bits per heavy atom. The molecular weight excluding hydrogens is 803 g/mol. The van der Waals surface area contributed by atoms with E-state index in [9.17, 15) is 19.5 Å². The smallest absolute Gasteiger partial charge is 0.306 e. The Balaban J connectivity index is 4.29. The van der Waals surface area contributed by atoms with Gasteiger partial charge in [0, 0.05) is 12.8 Å². The maximum atomic E-state index is 12.8. The molecule has 0 amide bonds. The number of ether oxygens (including phenoxy) is 4. The molecule has 0 heterocycles. The first-order chi connectivity index (χ1) is 31.1. The summed E-state index contributed by atoms with van der Waals surface area (Å²) in [7, 11) is 5.91. The Hall–Kier alpha value is -3.01. The number of carbonyl (C=O) groups is 3. The molecule has 0 saturated heterocycles. The number of likely N-dealkylation sites (N-methyl/N-ethyl adjacent to an activating group) is 1. The minimum Gasteiger partial charge on any atom is -0.545 e. The molecule has 0 N–H and O–H groups in total. The van der Waals surface area contributed by atoms with E-state index in [2.05, 4.69) is 74.6 Å². The standard InChI is InChI=1S/C55H97NO8/c1-6-8-10-12-14-16-18-20-22-23-24-25-26-27-28-29-30-31-32-34-36-38-40-42-44-46-53(58)64-51(50-63-55(54(59)60)61-48-47-56(3,4)5)49-62-52(57)45-43-41-39-37-35-33-21-19-17-15-13-11-9-7-2/h8,10,14,16,19-22,24-25,51,55H,6-7,9,11-13,15,17-18,23,26-50H2,1-5H3/b10-8-,16-14-,21-19-,22-20-,25-24-. The Kier molecular flexibility index (Phi) is 44.3. The van der Waals surface area contributed by atoms with Gasteiger partial charge in [-0.1, -0.05) is 184 Å². The number of unbranched alkanes of at least 4 members (excludes halogenated alkanes) is 22. The monoisotopic (exact) mass is 900 g/mol. The van der Waals surface area contributed by atoms with Gasteiger partial charge in [-0.05, 0) is 77.0 Å². The van der Waals surface area contributed by atoms with Crippen LogP contribution in [0.25, 0.3) is 0 Å². The van der Waals surface area contributed by atoms with Crippen molar-refractivity contribution in [2.24, 2.45) is 0 Å². The number of carbonyl (C=O) groups excluding carboxylic acids is 3. The number of quaternary nitrogens is 1. The lowest BCUT2D eigenvalue weighted by Gasteiger charge is -2.26. The normalized spacial score (nSPS) is 13.3. The van der Waals surface area contributed by atoms with Gasteiger partial charge in [-0.3, -0.25) is 9.59 Å². The predicted octanol–water partition coefficient (Wildman–Crippen LogP) is 13.2. The second-order valence-electron chi connectivity index (χ2n) is 18.4. The summed E-state index contributed by atoms with van der Waals surface area (Å²) in [6, 6.07) is 0. The van der Waals surface area contributed by atoms with Crippen LogP contribution in [0.3, 0.4) is 0 Å². The molecule has 64 heavy (non-hydrogen) atoms. The Bertz CT molecular complexity index is 1230.